The molecule has 11 rings (SSSR count). The predicted molar refractivity (Wildman–Crippen MR) is 189 cm³/mol. The molecule has 0 fully saturated rings. The van der Waals surface area contributed by atoms with Gasteiger partial charge < -0.3 is 4.74 Å². The lowest BCUT2D eigenvalue weighted by molar-refractivity contribution is 0.487. The molecule has 8 aromatic carbocycles. The summed E-state index contributed by atoms with van der Waals surface area (Å²) in [6.45, 7) is 0. The first-order chi connectivity index (χ1) is 30.7. The second-order valence-electron chi connectivity index (χ2n) is 11.3. The third kappa shape index (κ3) is 2.87. The molecule has 0 N–H and O–H groups in total. The Bertz CT molecular complexity index is 3690. The van der Waals surface area contributed by atoms with Crippen molar-refractivity contribution in [1.82, 2.24) is 0 Å². The zero-order chi connectivity index (χ0) is 46.5. The standard InChI is InChI=1S/C45H26O/c1-2-11-30-27(10-1)21-24-39-43(30)36-14-4-7-18-38(36)45(39)37-17-6-3-12-31(37)32-22-20-28(26-40(32)45)29-23-25-42-44-34(29)15-9-16-35(44)33-13-5-8-19-41(33)46-42/h1-26H/i1D,2D,4D,5D,7D,8D,9D,10D,11D,13D,14D,15D,16D,18D,19D,21D,23D,24D,25D. The number of hydrogen-bond donors (Lipinski definition) is 0. The van der Waals surface area contributed by atoms with E-state index in [0.29, 0.717) is 16.7 Å². The van der Waals surface area contributed by atoms with Crippen LogP contribution < -0.4 is 4.74 Å². The predicted octanol–water partition coefficient (Wildman–Crippen LogP) is 11.8. The van der Waals surface area contributed by atoms with Gasteiger partial charge in [0.05, 0.1) is 31.5 Å². The number of rotatable bonds is 1. The smallest absolute Gasteiger partial charge is 0.135 e. The third-order valence-corrected chi connectivity index (χ3v) is 9.28. The maximum atomic E-state index is 9.76. The molecule has 1 atom stereocenters. The Labute approximate surface area is 293 Å². The lowest BCUT2D eigenvalue weighted by atomic mass is 9.70. The van der Waals surface area contributed by atoms with Crippen molar-refractivity contribution in [3.05, 3.63) is 180 Å². The van der Waals surface area contributed by atoms with E-state index in [-0.39, 0.29) is 77.4 Å². The fraction of sp³-hybridized carbons (Fsp3) is 0.0222. The van der Waals surface area contributed by atoms with Gasteiger partial charge in [0.2, 0.25) is 0 Å². The van der Waals surface area contributed by atoms with E-state index in [1.54, 1.807) is 42.5 Å². The summed E-state index contributed by atoms with van der Waals surface area (Å²) in [5.74, 6) is -0.769. The van der Waals surface area contributed by atoms with Gasteiger partial charge in [-0.25, -0.2) is 0 Å². The lowest BCUT2D eigenvalue weighted by Crippen LogP contribution is -2.25. The van der Waals surface area contributed by atoms with Gasteiger partial charge in [-0.3, -0.25) is 0 Å². The Morgan fingerprint density at radius 2 is 1.24 bits per heavy atom. The number of para-hydroxylation sites is 1. The maximum Gasteiger partial charge on any atom is 0.135 e. The van der Waals surface area contributed by atoms with Crippen LogP contribution in [-0.2, 0) is 5.41 Å². The molecule has 0 aromatic heterocycles. The molecule has 1 heteroatoms. The summed E-state index contributed by atoms with van der Waals surface area (Å²) >= 11 is 0. The van der Waals surface area contributed by atoms with Gasteiger partial charge in [0.1, 0.15) is 11.5 Å². The van der Waals surface area contributed by atoms with E-state index in [4.69, 9.17) is 19.8 Å². The summed E-state index contributed by atoms with van der Waals surface area (Å²) in [7, 11) is 0. The lowest BCUT2D eigenvalue weighted by Gasteiger charge is -2.31. The zero-order valence-corrected chi connectivity index (χ0v) is 23.4. The Kier molecular flexibility index (Phi) is 2.40. The molecule has 0 saturated carbocycles. The van der Waals surface area contributed by atoms with Gasteiger partial charge in [-0.05, 0) is 95.5 Å². The molecule has 1 aliphatic heterocycles. The third-order valence-electron chi connectivity index (χ3n) is 9.28. The van der Waals surface area contributed by atoms with E-state index in [1.165, 1.54) is 0 Å². The molecule has 1 unspecified atom stereocenters. The van der Waals surface area contributed by atoms with E-state index in [1.807, 2.05) is 0 Å². The first-order valence-electron chi connectivity index (χ1n) is 24.0. The van der Waals surface area contributed by atoms with Gasteiger partial charge in [-0.1, -0.05) is 139 Å². The van der Waals surface area contributed by atoms with Crippen LogP contribution in [0, 0.1) is 0 Å². The van der Waals surface area contributed by atoms with Gasteiger partial charge in [-0.2, -0.15) is 0 Å². The van der Waals surface area contributed by atoms with Crippen molar-refractivity contribution >= 4 is 21.5 Å². The second kappa shape index (κ2) is 8.62. The number of ether oxygens (including phenoxy) is 1. The molecule has 0 radical (unpaired) electrons. The summed E-state index contributed by atoms with van der Waals surface area (Å²) in [6, 6.07) is 0.505. The van der Waals surface area contributed by atoms with Gasteiger partial charge >= 0.3 is 0 Å². The first kappa shape index (κ1) is 12.8. The van der Waals surface area contributed by atoms with Crippen LogP contribution in [0.5, 0.6) is 11.5 Å². The van der Waals surface area contributed by atoms with Crippen LogP contribution in [-0.4, -0.2) is 0 Å². The average molecular weight is 602 g/mol. The molecule has 212 valence electrons. The normalized spacial score (nSPS) is 21.9. The minimum atomic E-state index is -1.89. The van der Waals surface area contributed by atoms with Crippen LogP contribution >= 0.6 is 0 Å². The maximum absolute atomic E-state index is 9.76. The van der Waals surface area contributed by atoms with Crippen molar-refractivity contribution in [1.29, 1.82) is 0 Å². The molecule has 1 spiro atoms. The molecule has 3 aliphatic rings. The topological polar surface area (TPSA) is 9.23 Å². The highest BCUT2D eigenvalue weighted by Gasteiger charge is 2.52. The Hall–Kier alpha value is -5.92. The van der Waals surface area contributed by atoms with E-state index in [0.717, 1.165) is 0 Å². The van der Waals surface area contributed by atoms with Crippen molar-refractivity contribution in [3.8, 4) is 56.0 Å². The van der Waals surface area contributed by atoms with Crippen molar-refractivity contribution in [3.63, 3.8) is 0 Å². The molecule has 0 amide bonds. The minimum Gasteiger partial charge on any atom is -0.456 e. The second-order valence-corrected chi connectivity index (χ2v) is 11.3. The van der Waals surface area contributed by atoms with Crippen LogP contribution in [0.3, 0.4) is 0 Å². The average Bonchev–Trinajstić information content (AvgIpc) is 3.77. The Morgan fingerprint density at radius 1 is 0.457 bits per heavy atom. The molecule has 0 bridgehead atoms. The summed E-state index contributed by atoms with van der Waals surface area (Å²) < 4.78 is 177. The van der Waals surface area contributed by atoms with Crippen LogP contribution in [0.25, 0.3) is 66.1 Å². The fourth-order valence-corrected chi connectivity index (χ4v) is 7.52. The van der Waals surface area contributed by atoms with E-state index in [9.17, 15) is 11.0 Å². The van der Waals surface area contributed by atoms with Crippen molar-refractivity contribution in [2.45, 2.75) is 5.41 Å². The molecule has 0 saturated heterocycles. The van der Waals surface area contributed by atoms with Crippen LogP contribution in [0.1, 0.15) is 48.3 Å². The van der Waals surface area contributed by atoms with Crippen molar-refractivity contribution in [2.24, 2.45) is 0 Å². The van der Waals surface area contributed by atoms with Gasteiger partial charge in [0, 0.05) is 10.9 Å². The largest absolute Gasteiger partial charge is 0.456 e. The number of hydrogen-bond acceptors (Lipinski definition) is 1. The molecular weight excluding hydrogens is 556 g/mol. The van der Waals surface area contributed by atoms with Gasteiger partial charge in [0.25, 0.3) is 0 Å². The van der Waals surface area contributed by atoms with Crippen molar-refractivity contribution in [2.75, 3.05) is 0 Å². The SMILES string of the molecule is [2H]c1c([2H])c([2H])c2c(c1[2H])Oc1c([2H])c([2H])c(-c3ccc4c(c3)C3(c5ccccc5-4)c4c([2H])c([2H])c([2H])c([2H])c4-c4c3c([2H])c([2H])c3c([2H])c([2H])c([2H])c([2H])c43)c3c([2H])c([2H])c([2H])c-2c13. The van der Waals surface area contributed by atoms with Crippen LogP contribution in [0.4, 0.5) is 0 Å². The minimum absolute atomic E-state index is 0.0397. The molecular formula is C45H26O. The van der Waals surface area contributed by atoms with Gasteiger partial charge in [-0.15, -0.1) is 0 Å². The summed E-state index contributed by atoms with van der Waals surface area (Å²) in [4.78, 5) is 0. The Balaban J connectivity index is 1.34. The fourth-order valence-electron chi connectivity index (χ4n) is 7.52. The Morgan fingerprint density at radius 3 is 2.22 bits per heavy atom. The van der Waals surface area contributed by atoms with E-state index >= 15 is 0 Å². The number of benzene rings is 8. The first-order valence-corrected chi connectivity index (χ1v) is 14.5. The van der Waals surface area contributed by atoms with Gasteiger partial charge in [0.15, 0.2) is 0 Å². The highest BCUT2D eigenvalue weighted by atomic mass is 16.5. The highest BCUT2D eigenvalue weighted by molar-refractivity contribution is 6.11. The molecule has 46 heavy (non-hydrogen) atoms. The molecule has 2 aliphatic carbocycles. The van der Waals surface area contributed by atoms with Crippen LogP contribution in [0.15, 0.2) is 157 Å². The summed E-state index contributed by atoms with van der Waals surface area (Å²) in [5, 5.41) is -0.774. The summed E-state index contributed by atoms with van der Waals surface area (Å²) in [5.41, 5.74) is -0.872. The summed E-state index contributed by atoms with van der Waals surface area (Å²) in [6.07, 6.45) is 0. The van der Waals surface area contributed by atoms with E-state index < -0.39 is 126 Å². The van der Waals surface area contributed by atoms with Crippen LogP contribution in [0.2, 0.25) is 0 Å². The molecule has 1 heterocycles. The molecule has 1 nitrogen and oxygen atoms in total. The van der Waals surface area contributed by atoms with Crippen molar-refractivity contribution < 1.29 is 30.8 Å². The monoisotopic (exact) mass is 601 g/mol. The highest BCUT2D eigenvalue weighted by Crippen LogP contribution is 2.64. The van der Waals surface area contributed by atoms with E-state index in [2.05, 4.69) is 0 Å². The molecule has 8 aromatic rings. The quantitative estimate of drug-likeness (QED) is 0.182. The zero-order valence-electron chi connectivity index (χ0n) is 42.4. The number of fused-ring (bicyclic) bond motifs is 14.